The summed E-state index contributed by atoms with van der Waals surface area (Å²) in [6, 6.07) is 14.0. The molecule has 0 unspecified atom stereocenters. The second-order valence-corrected chi connectivity index (χ2v) is 5.48. The monoisotopic (exact) mass is 289 g/mol. The van der Waals surface area contributed by atoms with Gasteiger partial charge in [0.25, 0.3) is 0 Å². The van der Waals surface area contributed by atoms with Gasteiger partial charge in [-0.05, 0) is 36.5 Å². The van der Waals surface area contributed by atoms with Gasteiger partial charge in [-0.2, -0.15) is 0 Å². The van der Waals surface area contributed by atoms with Crippen molar-refractivity contribution in [1.82, 2.24) is 20.2 Å². The summed E-state index contributed by atoms with van der Waals surface area (Å²) in [4.78, 5) is 8.83. The fourth-order valence-electron chi connectivity index (χ4n) is 2.56. The van der Waals surface area contributed by atoms with Crippen LogP contribution in [0.1, 0.15) is 24.3 Å². The smallest absolute Gasteiger partial charge is 0.240 e. The first-order valence-electron chi connectivity index (χ1n) is 7.33. The van der Waals surface area contributed by atoms with Crippen molar-refractivity contribution in [3.63, 3.8) is 0 Å². The highest BCUT2D eigenvalue weighted by Crippen LogP contribution is 2.41. The summed E-state index contributed by atoms with van der Waals surface area (Å²) in [7, 11) is 0. The van der Waals surface area contributed by atoms with Gasteiger partial charge in [-0.15, -0.1) is 10.2 Å². The maximum atomic E-state index is 5.73. The Morgan fingerprint density at radius 1 is 0.955 bits per heavy atom. The third-order valence-electron chi connectivity index (χ3n) is 3.83. The zero-order chi connectivity index (χ0) is 14.9. The minimum absolute atomic E-state index is 0.168. The van der Waals surface area contributed by atoms with Crippen molar-refractivity contribution in [2.45, 2.75) is 18.8 Å². The highest BCUT2D eigenvalue weighted by molar-refractivity contribution is 5.76. The third-order valence-corrected chi connectivity index (χ3v) is 3.83. The summed E-state index contributed by atoms with van der Waals surface area (Å²) in [5, 5.41) is 8.15. The van der Waals surface area contributed by atoms with Gasteiger partial charge in [0, 0.05) is 11.8 Å². The van der Waals surface area contributed by atoms with E-state index in [9.17, 15) is 0 Å². The van der Waals surface area contributed by atoms with Crippen LogP contribution in [0.3, 0.4) is 0 Å². The summed E-state index contributed by atoms with van der Waals surface area (Å²) in [5.74, 6) is 0.831. The Morgan fingerprint density at radius 3 is 2.55 bits per heavy atom. The number of pyridine rings is 1. The van der Waals surface area contributed by atoms with Crippen LogP contribution < -0.4 is 5.73 Å². The predicted octanol–water partition coefficient (Wildman–Crippen LogP) is 3.06. The van der Waals surface area contributed by atoms with E-state index in [1.54, 1.807) is 0 Å². The molecule has 0 atom stereocenters. The number of anilines is 1. The molecular weight excluding hydrogens is 274 g/mol. The molecule has 0 radical (unpaired) electrons. The zero-order valence-corrected chi connectivity index (χ0v) is 12.0. The molecule has 1 aliphatic rings. The summed E-state index contributed by atoms with van der Waals surface area (Å²) >= 11 is 0. The molecule has 1 saturated carbocycles. The second-order valence-electron chi connectivity index (χ2n) is 5.48. The summed E-state index contributed by atoms with van der Waals surface area (Å²) in [6.07, 6.45) is 4.33. The minimum Gasteiger partial charge on any atom is -0.366 e. The van der Waals surface area contributed by atoms with Gasteiger partial charge in [0.2, 0.25) is 5.95 Å². The second kappa shape index (κ2) is 5.18. The molecule has 0 amide bonds. The lowest BCUT2D eigenvalue weighted by atomic mass is 10.1. The molecule has 0 saturated heterocycles. The van der Waals surface area contributed by atoms with Crippen LogP contribution in [0.4, 0.5) is 5.95 Å². The first kappa shape index (κ1) is 12.9. The molecule has 108 valence electrons. The van der Waals surface area contributed by atoms with Crippen LogP contribution in [-0.2, 0) is 0 Å². The van der Waals surface area contributed by atoms with Gasteiger partial charge in [-0.1, -0.05) is 30.3 Å². The van der Waals surface area contributed by atoms with Crippen LogP contribution in [0.25, 0.3) is 22.6 Å². The largest absolute Gasteiger partial charge is 0.366 e. The third kappa shape index (κ3) is 2.41. The number of nitrogen functional groups attached to an aromatic ring is 1. The Bertz CT molecular complexity index is 812. The van der Waals surface area contributed by atoms with Gasteiger partial charge < -0.3 is 5.73 Å². The van der Waals surface area contributed by atoms with Crippen LogP contribution in [0.2, 0.25) is 0 Å². The Hall–Kier alpha value is -2.82. The lowest BCUT2D eigenvalue weighted by Gasteiger charge is -2.08. The van der Waals surface area contributed by atoms with Gasteiger partial charge in [-0.25, -0.2) is 4.98 Å². The van der Waals surface area contributed by atoms with Gasteiger partial charge in [0.15, 0.2) is 0 Å². The van der Waals surface area contributed by atoms with Crippen molar-refractivity contribution < 1.29 is 0 Å². The number of nitrogens with two attached hydrogens (primary N) is 1. The maximum Gasteiger partial charge on any atom is 0.240 e. The highest BCUT2D eigenvalue weighted by Gasteiger charge is 2.24. The summed E-state index contributed by atoms with van der Waals surface area (Å²) in [6.45, 7) is 0. The quantitative estimate of drug-likeness (QED) is 0.801. The molecule has 2 heterocycles. The fourth-order valence-corrected chi connectivity index (χ4v) is 2.56. The van der Waals surface area contributed by atoms with Crippen LogP contribution in [0.15, 0.2) is 48.7 Å². The Balaban J connectivity index is 1.86. The highest BCUT2D eigenvalue weighted by atomic mass is 15.2. The first-order chi connectivity index (χ1) is 10.8. The van der Waals surface area contributed by atoms with E-state index in [2.05, 4.69) is 32.3 Å². The SMILES string of the molecule is Nc1nnc(-c2cc(C3CC3)ccn2)c(-c2ccccc2)n1. The molecular formula is C17H15N5. The predicted molar refractivity (Wildman–Crippen MR) is 84.9 cm³/mol. The van der Waals surface area contributed by atoms with E-state index in [0.717, 1.165) is 11.3 Å². The molecule has 22 heavy (non-hydrogen) atoms. The molecule has 0 aliphatic heterocycles. The molecule has 1 fully saturated rings. The number of benzene rings is 1. The van der Waals surface area contributed by atoms with E-state index in [0.29, 0.717) is 17.3 Å². The molecule has 1 aromatic carbocycles. The van der Waals surface area contributed by atoms with Gasteiger partial charge in [0.1, 0.15) is 11.4 Å². The molecule has 4 rings (SSSR count). The van der Waals surface area contributed by atoms with Gasteiger partial charge in [-0.3, -0.25) is 4.98 Å². The summed E-state index contributed by atoms with van der Waals surface area (Å²) in [5.41, 5.74) is 10.2. The number of hydrogen-bond acceptors (Lipinski definition) is 5. The lowest BCUT2D eigenvalue weighted by Crippen LogP contribution is -2.03. The lowest BCUT2D eigenvalue weighted by molar-refractivity contribution is 0.987. The summed E-state index contributed by atoms with van der Waals surface area (Å²) < 4.78 is 0. The number of aromatic nitrogens is 4. The van der Waals surface area contributed by atoms with Crippen LogP contribution in [0, 0.1) is 0 Å². The van der Waals surface area contributed by atoms with E-state index in [1.807, 2.05) is 36.5 Å². The van der Waals surface area contributed by atoms with E-state index in [4.69, 9.17) is 5.73 Å². The Kier molecular flexibility index (Phi) is 3.04. The molecule has 0 spiro atoms. The van der Waals surface area contributed by atoms with Crippen LogP contribution in [-0.4, -0.2) is 20.2 Å². The topological polar surface area (TPSA) is 77.6 Å². The van der Waals surface area contributed by atoms with Gasteiger partial charge in [0.05, 0.1) is 5.69 Å². The molecule has 2 aromatic heterocycles. The average Bonchev–Trinajstić information content (AvgIpc) is 3.41. The van der Waals surface area contributed by atoms with Crippen LogP contribution >= 0.6 is 0 Å². The number of hydrogen-bond donors (Lipinski definition) is 1. The molecule has 0 bridgehead atoms. The molecule has 3 aromatic rings. The van der Waals surface area contributed by atoms with Crippen molar-refractivity contribution in [3.8, 4) is 22.6 Å². The minimum atomic E-state index is 0.168. The number of nitrogens with zero attached hydrogens (tertiary/aromatic N) is 4. The van der Waals surface area contributed by atoms with E-state index in [1.165, 1.54) is 18.4 Å². The maximum absolute atomic E-state index is 5.73. The standard InChI is InChI=1S/C17H15N5/c18-17-20-15(12-4-2-1-3-5-12)16(21-22-17)14-10-13(8-9-19-14)11-6-7-11/h1-5,8-11H,6-7H2,(H2,18,20,22). The average molecular weight is 289 g/mol. The molecule has 5 nitrogen and oxygen atoms in total. The zero-order valence-electron chi connectivity index (χ0n) is 12.0. The Morgan fingerprint density at radius 2 is 1.77 bits per heavy atom. The van der Waals surface area contributed by atoms with E-state index >= 15 is 0 Å². The van der Waals surface area contributed by atoms with E-state index < -0.39 is 0 Å². The van der Waals surface area contributed by atoms with Crippen molar-refractivity contribution in [2.75, 3.05) is 5.73 Å². The van der Waals surface area contributed by atoms with Crippen molar-refractivity contribution in [3.05, 3.63) is 54.2 Å². The number of rotatable bonds is 3. The molecule has 5 heteroatoms. The molecule has 1 aliphatic carbocycles. The Labute approximate surface area is 128 Å². The van der Waals surface area contributed by atoms with Crippen molar-refractivity contribution >= 4 is 5.95 Å². The van der Waals surface area contributed by atoms with E-state index in [-0.39, 0.29) is 5.95 Å². The van der Waals surface area contributed by atoms with Gasteiger partial charge >= 0.3 is 0 Å². The van der Waals surface area contributed by atoms with Crippen LogP contribution in [0.5, 0.6) is 0 Å². The normalized spacial score (nSPS) is 14.0. The first-order valence-corrected chi connectivity index (χ1v) is 7.33. The molecule has 2 N–H and O–H groups in total. The van der Waals surface area contributed by atoms with Crippen molar-refractivity contribution in [2.24, 2.45) is 0 Å². The van der Waals surface area contributed by atoms with Crippen molar-refractivity contribution in [1.29, 1.82) is 0 Å². The fraction of sp³-hybridized carbons (Fsp3) is 0.176.